The fraction of sp³-hybridized carbons (Fsp3) is 0.357. The molecule has 17 heavy (non-hydrogen) atoms. The first-order valence-corrected chi connectivity index (χ1v) is 5.36. The quantitative estimate of drug-likeness (QED) is 0.607. The minimum atomic E-state index is 0. The van der Waals surface area contributed by atoms with Crippen molar-refractivity contribution in [2.24, 2.45) is 0 Å². The van der Waals surface area contributed by atoms with Gasteiger partial charge in [0.1, 0.15) is 0 Å². The maximum Gasteiger partial charge on any atom is 0.189 e. The van der Waals surface area contributed by atoms with Crippen LogP contribution in [0.3, 0.4) is 0 Å². The molecule has 0 fully saturated rings. The third kappa shape index (κ3) is 4.33. The third-order valence-electron chi connectivity index (χ3n) is 2.47. The molecule has 0 N–H and O–H groups in total. The molecule has 1 aromatic carbocycles. The van der Waals surface area contributed by atoms with E-state index in [1.807, 2.05) is 51.0 Å². The summed E-state index contributed by atoms with van der Waals surface area (Å²) in [5, 5.41) is 0. The summed E-state index contributed by atoms with van der Waals surface area (Å²) in [7, 11) is 3.86. The van der Waals surface area contributed by atoms with E-state index in [1.54, 1.807) is 0 Å². The number of benzene rings is 1. The molecule has 94 valence electrons. The molecule has 0 aliphatic heterocycles. The van der Waals surface area contributed by atoms with Gasteiger partial charge in [0.05, 0.1) is 0 Å². The lowest BCUT2D eigenvalue weighted by Gasteiger charge is -2.12. The second-order valence-corrected chi connectivity index (χ2v) is 4.49. The van der Waals surface area contributed by atoms with Crippen LogP contribution in [0.15, 0.2) is 30.4 Å². The molecule has 0 aromatic heterocycles. The summed E-state index contributed by atoms with van der Waals surface area (Å²) in [5.41, 5.74) is 3.52. The van der Waals surface area contributed by atoms with E-state index in [4.69, 9.17) is 0 Å². The van der Waals surface area contributed by atoms with E-state index in [0.29, 0.717) is 12.1 Å². The Balaban J connectivity index is 0.00000256. The Morgan fingerprint density at radius 2 is 1.88 bits per heavy atom. The standard InChI is InChI=1S/C14H19NO.ClH/c1-10-6-7-11(2)13(8-10)14(16)12(3)9-15(4)5;/h6-8H,3,9H2,1-2,4-5H3;1H. The molecule has 1 rings (SSSR count). The summed E-state index contributed by atoms with van der Waals surface area (Å²) in [5.74, 6) is 0.0508. The van der Waals surface area contributed by atoms with Crippen LogP contribution in [0.1, 0.15) is 21.5 Å². The highest BCUT2D eigenvalue weighted by molar-refractivity contribution is 6.09. The zero-order valence-corrected chi connectivity index (χ0v) is 11.7. The monoisotopic (exact) mass is 253 g/mol. The van der Waals surface area contributed by atoms with E-state index in [9.17, 15) is 4.79 Å². The van der Waals surface area contributed by atoms with Gasteiger partial charge >= 0.3 is 0 Å². The zero-order chi connectivity index (χ0) is 12.3. The number of Topliss-reactive ketones (excluding diaryl/α,β-unsaturated/α-hetero) is 1. The number of carbonyl (C=O) groups is 1. The number of carbonyl (C=O) groups excluding carboxylic acids is 1. The molecule has 0 saturated heterocycles. The van der Waals surface area contributed by atoms with E-state index < -0.39 is 0 Å². The lowest BCUT2D eigenvalue weighted by Crippen LogP contribution is -2.19. The topological polar surface area (TPSA) is 20.3 Å². The summed E-state index contributed by atoms with van der Waals surface area (Å²) in [4.78, 5) is 14.1. The van der Waals surface area contributed by atoms with Crippen LogP contribution < -0.4 is 0 Å². The van der Waals surface area contributed by atoms with Gasteiger partial charge in [-0.15, -0.1) is 12.4 Å². The molecule has 0 heterocycles. The normalized spacial score (nSPS) is 9.94. The highest BCUT2D eigenvalue weighted by atomic mass is 35.5. The molecule has 0 aliphatic rings. The van der Waals surface area contributed by atoms with Crippen molar-refractivity contribution in [1.29, 1.82) is 0 Å². The van der Waals surface area contributed by atoms with Gasteiger partial charge < -0.3 is 4.90 Å². The molecular weight excluding hydrogens is 234 g/mol. The lowest BCUT2D eigenvalue weighted by molar-refractivity contribution is 0.102. The Labute approximate surface area is 110 Å². The van der Waals surface area contributed by atoms with Gasteiger partial charge in [-0.1, -0.05) is 24.3 Å². The molecule has 0 amide bonds. The SMILES string of the molecule is C=C(CN(C)C)C(=O)c1cc(C)ccc1C.Cl. The number of likely N-dealkylation sites (N-methyl/N-ethyl adjacent to an activating group) is 1. The summed E-state index contributed by atoms with van der Waals surface area (Å²) in [6, 6.07) is 5.92. The molecule has 0 saturated carbocycles. The Morgan fingerprint density at radius 3 is 2.41 bits per heavy atom. The van der Waals surface area contributed by atoms with Crippen LogP contribution >= 0.6 is 12.4 Å². The largest absolute Gasteiger partial charge is 0.305 e. The van der Waals surface area contributed by atoms with Crippen LogP contribution in [0.4, 0.5) is 0 Å². The van der Waals surface area contributed by atoms with Crippen molar-refractivity contribution in [2.75, 3.05) is 20.6 Å². The first-order valence-electron chi connectivity index (χ1n) is 5.36. The smallest absolute Gasteiger partial charge is 0.189 e. The highest BCUT2D eigenvalue weighted by Gasteiger charge is 2.13. The van der Waals surface area contributed by atoms with E-state index >= 15 is 0 Å². The maximum atomic E-state index is 12.1. The number of hydrogen-bond acceptors (Lipinski definition) is 2. The van der Waals surface area contributed by atoms with Gasteiger partial charge in [0.25, 0.3) is 0 Å². The summed E-state index contributed by atoms with van der Waals surface area (Å²) < 4.78 is 0. The highest BCUT2D eigenvalue weighted by Crippen LogP contribution is 2.14. The third-order valence-corrected chi connectivity index (χ3v) is 2.47. The van der Waals surface area contributed by atoms with Crippen LogP contribution in [-0.2, 0) is 0 Å². The fourth-order valence-corrected chi connectivity index (χ4v) is 1.62. The number of halogens is 1. The Bertz CT molecular complexity index is 424. The van der Waals surface area contributed by atoms with Crippen LogP contribution in [0.5, 0.6) is 0 Å². The average molecular weight is 254 g/mol. The zero-order valence-electron chi connectivity index (χ0n) is 10.9. The molecule has 0 aliphatic carbocycles. The second kappa shape index (κ2) is 6.58. The van der Waals surface area contributed by atoms with Gasteiger partial charge in [0.2, 0.25) is 0 Å². The molecule has 0 radical (unpaired) electrons. The first kappa shape index (κ1) is 15.9. The first-order chi connectivity index (χ1) is 7.41. The molecular formula is C14H20ClNO. The Kier molecular flexibility index (Phi) is 6.14. The van der Waals surface area contributed by atoms with Gasteiger partial charge in [-0.25, -0.2) is 0 Å². The molecule has 1 aromatic rings. The van der Waals surface area contributed by atoms with Gasteiger partial charge in [0.15, 0.2) is 5.78 Å². The van der Waals surface area contributed by atoms with Crippen molar-refractivity contribution in [3.05, 3.63) is 47.0 Å². The van der Waals surface area contributed by atoms with Crippen LogP contribution in [0.25, 0.3) is 0 Å². The summed E-state index contributed by atoms with van der Waals surface area (Å²) in [6.45, 7) is 8.40. The van der Waals surface area contributed by atoms with Crippen molar-refractivity contribution in [1.82, 2.24) is 4.90 Å². The van der Waals surface area contributed by atoms with Crippen molar-refractivity contribution < 1.29 is 4.79 Å². The molecule has 0 atom stereocenters. The van der Waals surface area contributed by atoms with Gasteiger partial charge in [0, 0.05) is 17.7 Å². The summed E-state index contributed by atoms with van der Waals surface area (Å²) in [6.07, 6.45) is 0. The van der Waals surface area contributed by atoms with E-state index in [1.165, 1.54) is 0 Å². The molecule has 3 heteroatoms. The minimum absolute atomic E-state index is 0. The van der Waals surface area contributed by atoms with Gasteiger partial charge in [-0.05, 0) is 39.6 Å². The molecule has 0 spiro atoms. The van der Waals surface area contributed by atoms with E-state index in [-0.39, 0.29) is 18.2 Å². The van der Waals surface area contributed by atoms with Crippen molar-refractivity contribution >= 4 is 18.2 Å². The van der Waals surface area contributed by atoms with Crippen LogP contribution in [0.2, 0.25) is 0 Å². The Morgan fingerprint density at radius 1 is 1.29 bits per heavy atom. The number of nitrogens with zero attached hydrogens (tertiary/aromatic N) is 1. The number of rotatable bonds is 4. The van der Waals surface area contributed by atoms with E-state index in [0.717, 1.165) is 16.7 Å². The molecule has 0 bridgehead atoms. The predicted octanol–water partition coefficient (Wildman–Crippen LogP) is 3.03. The van der Waals surface area contributed by atoms with Crippen LogP contribution in [-0.4, -0.2) is 31.3 Å². The van der Waals surface area contributed by atoms with Crippen LogP contribution in [0, 0.1) is 13.8 Å². The maximum absolute atomic E-state index is 12.1. The van der Waals surface area contributed by atoms with Gasteiger partial charge in [-0.3, -0.25) is 4.79 Å². The fourth-order valence-electron chi connectivity index (χ4n) is 1.62. The van der Waals surface area contributed by atoms with Crippen molar-refractivity contribution in [2.45, 2.75) is 13.8 Å². The molecule has 0 unspecified atom stereocenters. The number of aryl methyl sites for hydroxylation is 2. The average Bonchev–Trinajstić information content (AvgIpc) is 2.19. The molecule has 2 nitrogen and oxygen atoms in total. The summed E-state index contributed by atoms with van der Waals surface area (Å²) >= 11 is 0. The van der Waals surface area contributed by atoms with Crippen molar-refractivity contribution in [3.8, 4) is 0 Å². The lowest BCUT2D eigenvalue weighted by atomic mass is 9.98. The van der Waals surface area contributed by atoms with E-state index in [2.05, 4.69) is 6.58 Å². The van der Waals surface area contributed by atoms with Gasteiger partial charge in [-0.2, -0.15) is 0 Å². The predicted molar refractivity (Wildman–Crippen MR) is 75.2 cm³/mol. The second-order valence-electron chi connectivity index (χ2n) is 4.49. The number of hydrogen-bond donors (Lipinski definition) is 0. The Hall–Kier alpha value is -1.12. The van der Waals surface area contributed by atoms with Crippen molar-refractivity contribution in [3.63, 3.8) is 0 Å². The minimum Gasteiger partial charge on any atom is -0.305 e. The number of ketones is 1.